The monoisotopic (exact) mass is 419 g/mol. The summed E-state index contributed by atoms with van der Waals surface area (Å²) in [5, 5.41) is 2.71. The summed E-state index contributed by atoms with van der Waals surface area (Å²) >= 11 is 0. The third kappa shape index (κ3) is 8.76. The first-order chi connectivity index (χ1) is 14.1. The van der Waals surface area contributed by atoms with Gasteiger partial charge in [0.25, 0.3) is 12.0 Å². The minimum Gasteiger partial charge on any atom is -0.471 e. The maximum Gasteiger partial charge on any atom is 0.407 e. The summed E-state index contributed by atoms with van der Waals surface area (Å²) in [6.07, 6.45) is 1.63. The summed E-state index contributed by atoms with van der Waals surface area (Å²) in [6.45, 7) is 6.45. The molecule has 0 aliphatic carbocycles. The van der Waals surface area contributed by atoms with E-state index in [0.717, 1.165) is 11.1 Å². The summed E-state index contributed by atoms with van der Waals surface area (Å²) in [5.41, 5.74) is 0.642. The van der Waals surface area contributed by atoms with Gasteiger partial charge >= 0.3 is 11.8 Å². The number of amides is 1. The molecular formula is C21H29N3O6. The number of nitrogens with zero attached hydrogens (tertiary/aromatic N) is 2. The highest BCUT2D eigenvalue weighted by molar-refractivity contribution is 5.67. The van der Waals surface area contributed by atoms with Crippen molar-refractivity contribution in [3.8, 4) is 0 Å². The van der Waals surface area contributed by atoms with E-state index >= 15 is 0 Å². The molecule has 164 valence electrons. The van der Waals surface area contributed by atoms with E-state index in [-0.39, 0.29) is 17.8 Å². The number of hydrogen-bond acceptors (Lipinski definition) is 6. The summed E-state index contributed by atoms with van der Waals surface area (Å²) in [5.74, 6) is 0. The molecule has 0 aliphatic rings. The molecule has 0 fully saturated rings. The zero-order valence-electron chi connectivity index (χ0n) is 18.0. The van der Waals surface area contributed by atoms with Crippen LogP contribution in [0.25, 0.3) is 0 Å². The van der Waals surface area contributed by atoms with Crippen molar-refractivity contribution in [2.75, 3.05) is 13.7 Å². The first kappa shape index (κ1) is 24.7. The molecule has 1 heterocycles. The lowest BCUT2D eigenvalue weighted by Gasteiger charge is -2.19. The molecule has 0 unspecified atom stereocenters. The van der Waals surface area contributed by atoms with E-state index in [1.54, 1.807) is 7.05 Å². The Labute approximate surface area is 175 Å². The molecule has 9 nitrogen and oxygen atoms in total. The van der Waals surface area contributed by atoms with Gasteiger partial charge in [0, 0.05) is 25.9 Å². The van der Waals surface area contributed by atoms with Crippen LogP contribution in [0.5, 0.6) is 0 Å². The summed E-state index contributed by atoms with van der Waals surface area (Å²) in [7, 11) is 2.92. The number of nitrogens with one attached hydrogen (secondary N) is 1. The Balaban J connectivity index is 0.00000103. The molecule has 0 atom stereocenters. The molecule has 0 aliphatic heterocycles. The molecular weight excluding hydrogens is 390 g/mol. The van der Waals surface area contributed by atoms with Crippen LogP contribution in [0.4, 0.5) is 4.79 Å². The smallest absolute Gasteiger partial charge is 0.407 e. The predicted molar refractivity (Wildman–Crippen MR) is 113 cm³/mol. The highest BCUT2D eigenvalue weighted by Crippen LogP contribution is 2.08. The fourth-order valence-electron chi connectivity index (χ4n) is 2.45. The average Bonchev–Trinajstić information content (AvgIpc) is 2.67. The normalized spacial score (nSPS) is 10.4. The van der Waals surface area contributed by atoms with E-state index in [1.165, 1.54) is 28.5 Å². The van der Waals surface area contributed by atoms with Crippen LogP contribution in [0.3, 0.4) is 0 Å². The van der Waals surface area contributed by atoms with Crippen LogP contribution in [0.15, 0.2) is 46.1 Å². The van der Waals surface area contributed by atoms with Crippen LogP contribution in [-0.4, -0.2) is 41.0 Å². The van der Waals surface area contributed by atoms with Crippen molar-refractivity contribution in [3.05, 3.63) is 68.5 Å². The fourth-order valence-corrected chi connectivity index (χ4v) is 2.45. The number of rotatable bonds is 6. The van der Waals surface area contributed by atoms with Gasteiger partial charge in [-0.05, 0) is 38.3 Å². The number of methoxy groups -OCH3 is 1. The molecule has 1 amide bonds. The van der Waals surface area contributed by atoms with Crippen LogP contribution in [0, 0.1) is 0 Å². The maximum atomic E-state index is 12.1. The van der Waals surface area contributed by atoms with Gasteiger partial charge < -0.3 is 19.4 Å². The molecule has 0 spiro atoms. The average molecular weight is 419 g/mol. The van der Waals surface area contributed by atoms with Crippen molar-refractivity contribution < 1.29 is 19.1 Å². The zero-order chi connectivity index (χ0) is 22.7. The third-order valence-electron chi connectivity index (χ3n) is 3.75. The van der Waals surface area contributed by atoms with Crippen molar-refractivity contribution in [1.29, 1.82) is 0 Å². The van der Waals surface area contributed by atoms with Crippen molar-refractivity contribution >= 4 is 12.6 Å². The zero-order valence-corrected chi connectivity index (χ0v) is 18.0. The van der Waals surface area contributed by atoms with E-state index in [2.05, 4.69) is 10.1 Å². The molecule has 0 radical (unpaired) electrons. The molecule has 30 heavy (non-hydrogen) atoms. The van der Waals surface area contributed by atoms with Crippen molar-refractivity contribution in [2.24, 2.45) is 7.05 Å². The highest BCUT2D eigenvalue weighted by atomic mass is 16.6. The molecule has 1 N–H and O–H groups in total. The Bertz CT molecular complexity index is 956. The fraction of sp³-hybridized carbons (Fsp3) is 0.429. The summed E-state index contributed by atoms with van der Waals surface area (Å²) in [4.78, 5) is 44.6. The maximum absolute atomic E-state index is 12.1. The second kappa shape index (κ2) is 11.6. The van der Waals surface area contributed by atoms with Gasteiger partial charge in [-0.2, -0.15) is 0 Å². The largest absolute Gasteiger partial charge is 0.471 e. The lowest BCUT2D eigenvalue weighted by molar-refractivity contribution is -0.126. The van der Waals surface area contributed by atoms with Crippen molar-refractivity contribution in [3.63, 3.8) is 0 Å². The molecule has 1 aromatic carbocycles. The first-order valence-corrected chi connectivity index (χ1v) is 9.35. The Kier molecular flexibility index (Phi) is 9.54. The van der Waals surface area contributed by atoms with Gasteiger partial charge in [0.15, 0.2) is 0 Å². The van der Waals surface area contributed by atoms with Crippen LogP contribution >= 0.6 is 0 Å². The minimum absolute atomic E-state index is 0.208. The molecule has 0 bridgehead atoms. The van der Waals surface area contributed by atoms with Gasteiger partial charge in [0.2, 0.25) is 0 Å². The Morgan fingerprint density at radius 2 is 1.80 bits per heavy atom. The second-order valence-electron chi connectivity index (χ2n) is 7.46. The second-order valence-corrected chi connectivity index (χ2v) is 7.46. The first-order valence-electron chi connectivity index (χ1n) is 9.35. The number of carbonyl (C=O) groups excluding carboxylic acids is 2. The Morgan fingerprint density at radius 3 is 2.40 bits per heavy atom. The van der Waals surface area contributed by atoms with Crippen LogP contribution in [0.1, 0.15) is 31.9 Å². The van der Waals surface area contributed by atoms with E-state index in [9.17, 15) is 14.4 Å². The SMILES string of the molecule is COC=O.Cn1ccc(=O)n(Cc2cccc(CCNC(=O)OC(C)(C)C)c2)c1=O. The number of carbonyl (C=O) groups is 2. The molecule has 2 aromatic rings. The van der Waals surface area contributed by atoms with Crippen molar-refractivity contribution in [1.82, 2.24) is 14.5 Å². The van der Waals surface area contributed by atoms with Gasteiger partial charge in [0.05, 0.1) is 13.7 Å². The molecule has 9 heteroatoms. The van der Waals surface area contributed by atoms with Crippen LogP contribution in [-0.2, 0) is 34.3 Å². The van der Waals surface area contributed by atoms with Crippen LogP contribution < -0.4 is 16.6 Å². The molecule has 0 saturated carbocycles. The Hall–Kier alpha value is -3.36. The van der Waals surface area contributed by atoms with Gasteiger partial charge in [-0.3, -0.25) is 14.2 Å². The Morgan fingerprint density at radius 1 is 1.17 bits per heavy atom. The predicted octanol–water partition coefficient (Wildman–Crippen LogP) is 1.45. The molecule has 1 aromatic heterocycles. The number of benzene rings is 1. The molecule has 0 saturated heterocycles. The number of aromatic nitrogens is 2. The van der Waals surface area contributed by atoms with Gasteiger partial charge in [0.1, 0.15) is 5.60 Å². The van der Waals surface area contributed by atoms with Gasteiger partial charge in [-0.1, -0.05) is 24.3 Å². The number of ether oxygens (including phenoxy) is 2. The third-order valence-corrected chi connectivity index (χ3v) is 3.75. The summed E-state index contributed by atoms with van der Waals surface area (Å²) < 4.78 is 11.6. The quantitative estimate of drug-likeness (QED) is 0.710. The van der Waals surface area contributed by atoms with Gasteiger partial charge in [-0.15, -0.1) is 0 Å². The highest BCUT2D eigenvalue weighted by Gasteiger charge is 2.15. The van der Waals surface area contributed by atoms with E-state index in [1.807, 2.05) is 45.0 Å². The topological polar surface area (TPSA) is 109 Å². The standard InChI is InChI=1S/C19H25N3O4.C2H4O2/c1-19(2,3)26-17(24)20-10-8-14-6-5-7-15(12-14)13-22-16(23)9-11-21(4)18(22)25;1-4-2-3/h5-7,9,11-12H,8,10,13H2,1-4H3,(H,20,24);2H,1H3. The van der Waals surface area contributed by atoms with Gasteiger partial charge in [-0.25, -0.2) is 9.59 Å². The van der Waals surface area contributed by atoms with E-state index < -0.39 is 11.7 Å². The van der Waals surface area contributed by atoms with Crippen molar-refractivity contribution in [2.45, 2.75) is 39.3 Å². The number of hydrogen-bond donors (Lipinski definition) is 1. The lowest BCUT2D eigenvalue weighted by Crippen LogP contribution is -2.38. The number of alkyl carbamates (subject to hydrolysis) is 1. The van der Waals surface area contributed by atoms with Crippen LogP contribution in [0.2, 0.25) is 0 Å². The van der Waals surface area contributed by atoms with E-state index in [4.69, 9.17) is 9.53 Å². The summed E-state index contributed by atoms with van der Waals surface area (Å²) in [6, 6.07) is 8.97. The van der Waals surface area contributed by atoms with E-state index in [0.29, 0.717) is 19.4 Å². The minimum atomic E-state index is -0.529. The number of aryl methyl sites for hydroxylation is 1. The lowest BCUT2D eigenvalue weighted by atomic mass is 10.1. The molecule has 2 rings (SSSR count).